The van der Waals surface area contributed by atoms with Gasteiger partial charge in [-0.2, -0.15) is 0 Å². The van der Waals surface area contributed by atoms with Gasteiger partial charge in [-0.25, -0.2) is 0 Å². The largest absolute Gasteiger partial charge is 0.326 e. The second kappa shape index (κ2) is 6.10. The van der Waals surface area contributed by atoms with Gasteiger partial charge in [-0.3, -0.25) is 4.79 Å². The number of hydrogen-bond donors (Lipinski definition) is 1. The number of amides is 1. The van der Waals surface area contributed by atoms with Crippen molar-refractivity contribution in [1.82, 2.24) is 0 Å². The van der Waals surface area contributed by atoms with Gasteiger partial charge < -0.3 is 5.32 Å². The zero-order chi connectivity index (χ0) is 17.7. The highest BCUT2D eigenvalue weighted by Crippen LogP contribution is 2.55. The summed E-state index contributed by atoms with van der Waals surface area (Å²) in [5.74, 6) is 0.538. The molecule has 3 aliphatic carbocycles. The Bertz CT molecular complexity index is 948. The number of hydrogen-bond acceptors (Lipinski definition) is 1. The molecule has 1 atom stereocenters. The van der Waals surface area contributed by atoms with Gasteiger partial charge in [0.15, 0.2) is 0 Å². The highest BCUT2D eigenvalue weighted by atomic mass is 79.9. The van der Waals surface area contributed by atoms with Crippen molar-refractivity contribution >= 4 is 27.5 Å². The van der Waals surface area contributed by atoms with E-state index >= 15 is 0 Å². The topological polar surface area (TPSA) is 29.1 Å². The molecule has 0 fully saturated rings. The summed E-state index contributed by atoms with van der Waals surface area (Å²) in [6.45, 7) is 0. The molecule has 0 heterocycles. The first-order valence-corrected chi connectivity index (χ1v) is 9.76. The van der Waals surface area contributed by atoms with Crippen molar-refractivity contribution in [2.45, 2.75) is 18.3 Å². The summed E-state index contributed by atoms with van der Waals surface area (Å²) in [5.41, 5.74) is 6.27. The van der Waals surface area contributed by atoms with Crippen LogP contribution in [0.1, 0.15) is 40.5 Å². The van der Waals surface area contributed by atoms with Gasteiger partial charge in [-0.15, -0.1) is 0 Å². The summed E-state index contributed by atoms with van der Waals surface area (Å²) in [6, 6.07) is 25.0. The monoisotopic (exact) mass is 403 g/mol. The number of carbonyl (C=O) groups excluding carboxylic acids is 1. The molecule has 1 amide bonds. The smallest absolute Gasteiger partial charge is 0.228 e. The molecule has 3 aromatic carbocycles. The Morgan fingerprint density at radius 3 is 1.92 bits per heavy atom. The molecule has 3 aromatic rings. The van der Waals surface area contributed by atoms with Gasteiger partial charge in [0.05, 0.1) is 5.92 Å². The van der Waals surface area contributed by atoms with Crippen LogP contribution in [0.2, 0.25) is 0 Å². The number of anilines is 1. The molecule has 0 saturated carbocycles. The molecule has 0 unspecified atom stereocenters. The lowest BCUT2D eigenvalue weighted by Crippen LogP contribution is -2.38. The lowest BCUT2D eigenvalue weighted by Gasteiger charge is -2.44. The molecule has 3 heteroatoms. The molecule has 0 saturated heterocycles. The van der Waals surface area contributed by atoms with Gasteiger partial charge in [0.2, 0.25) is 5.91 Å². The number of fused-ring (bicyclic) bond motifs is 1. The average Bonchev–Trinajstić information content (AvgIpc) is 2.69. The maximum absolute atomic E-state index is 13.1. The average molecular weight is 404 g/mol. The second-order valence-corrected chi connectivity index (χ2v) is 8.04. The van der Waals surface area contributed by atoms with Gasteiger partial charge in [0.1, 0.15) is 0 Å². The Balaban J connectivity index is 1.54. The SMILES string of the molecule is O=C(Nc1ccc(Br)cc1)[C@@H]1CC2c3ccccc3C1c1ccccc12. The fourth-order valence-electron chi connectivity index (χ4n) is 4.66. The minimum Gasteiger partial charge on any atom is -0.326 e. The normalized spacial score (nSPS) is 22.4. The number of nitrogens with one attached hydrogen (secondary N) is 1. The van der Waals surface area contributed by atoms with Gasteiger partial charge in [-0.05, 0) is 52.9 Å². The zero-order valence-electron chi connectivity index (χ0n) is 14.2. The third-order valence-electron chi connectivity index (χ3n) is 5.75. The minimum atomic E-state index is -0.0338. The van der Waals surface area contributed by atoms with Crippen molar-refractivity contribution in [2.24, 2.45) is 5.92 Å². The lowest BCUT2D eigenvalue weighted by molar-refractivity contribution is -0.121. The molecule has 0 spiro atoms. The summed E-state index contributed by atoms with van der Waals surface area (Å²) in [4.78, 5) is 13.1. The van der Waals surface area contributed by atoms with Crippen molar-refractivity contribution in [3.05, 3.63) is 99.5 Å². The van der Waals surface area contributed by atoms with Crippen LogP contribution < -0.4 is 5.32 Å². The van der Waals surface area contributed by atoms with E-state index in [9.17, 15) is 4.79 Å². The molecule has 0 aliphatic heterocycles. The summed E-state index contributed by atoms with van der Waals surface area (Å²) in [6.07, 6.45) is 0.876. The Hall–Kier alpha value is -2.39. The maximum Gasteiger partial charge on any atom is 0.228 e. The Labute approximate surface area is 161 Å². The summed E-state index contributed by atoms with van der Waals surface area (Å²) >= 11 is 3.44. The maximum atomic E-state index is 13.1. The van der Waals surface area contributed by atoms with Gasteiger partial charge in [0, 0.05) is 22.0 Å². The molecule has 3 aliphatic rings. The first-order chi connectivity index (χ1) is 12.7. The lowest BCUT2D eigenvalue weighted by atomic mass is 9.59. The van der Waals surface area contributed by atoms with Crippen LogP contribution in [0.3, 0.4) is 0 Å². The van der Waals surface area contributed by atoms with E-state index in [0.29, 0.717) is 5.92 Å². The molecule has 0 aromatic heterocycles. The number of rotatable bonds is 2. The summed E-state index contributed by atoms with van der Waals surface area (Å²) in [7, 11) is 0. The Kier molecular flexibility index (Phi) is 3.71. The predicted molar refractivity (Wildman–Crippen MR) is 107 cm³/mol. The van der Waals surface area contributed by atoms with Crippen LogP contribution in [0.15, 0.2) is 77.3 Å². The molecule has 1 N–H and O–H groups in total. The summed E-state index contributed by atoms with van der Waals surface area (Å²) < 4.78 is 1.01. The first kappa shape index (κ1) is 15.8. The van der Waals surface area contributed by atoms with E-state index in [1.165, 1.54) is 22.3 Å². The minimum absolute atomic E-state index is 0.0338. The van der Waals surface area contributed by atoms with E-state index in [4.69, 9.17) is 0 Å². The molecule has 2 nitrogen and oxygen atoms in total. The van der Waals surface area contributed by atoms with Crippen LogP contribution in [0.25, 0.3) is 0 Å². The molecule has 26 heavy (non-hydrogen) atoms. The summed E-state index contributed by atoms with van der Waals surface area (Å²) in [5, 5.41) is 3.13. The Morgan fingerprint density at radius 2 is 1.35 bits per heavy atom. The van der Waals surface area contributed by atoms with Crippen molar-refractivity contribution in [3.63, 3.8) is 0 Å². The molecular formula is C23H18BrNO. The van der Waals surface area contributed by atoms with Crippen LogP contribution in [-0.2, 0) is 4.79 Å². The highest BCUT2D eigenvalue weighted by molar-refractivity contribution is 9.10. The van der Waals surface area contributed by atoms with Crippen molar-refractivity contribution in [1.29, 1.82) is 0 Å². The van der Waals surface area contributed by atoms with Gasteiger partial charge in [0.25, 0.3) is 0 Å². The van der Waals surface area contributed by atoms with Gasteiger partial charge in [-0.1, -0.05) is 64.5 Å². The third kappa shape index (κ3) is 2.42. The van der Waals surface area contributed by atoms with E-state index in [1.807, 2.05) is 24.3 Å². The fourth-order valence-corrected chi connectivity index (χ4v) is 4.93. The van der Waals surface area contributed by atoms with Crippen LogP contribution >= 0.6 is 15.9 Å². The number of carbonyl (C=O) groups is 1. The molecular weight excluding hydrogens is 386 g/mol. The van der Waals surface area contributed by atoms with Crippen LogP contribution in [0, 0.1) is 5.92 Å². The van der Waals surface area contributed by atoms with Crippen LogP contribution in [0.5, 0.6) is 0 Å². The Morgan fingerprint density at radius 1 is 0.808 bits per heavy atom. The molecule has 2 bridgehead atoms. The number of benzene rings is 3. The van der Waals surface area contributed by atoms with Crippen LogP contribution in [0.4, 0.5) is 5.69 Å². The predicted octanol–water partition coefficient (Wildman–Crippen LogP) is 5.68. The standard InChI is InChI=1S/C23H18BrNO/c24-14-9-11-15(12-10-14)25-23(26)21-13-20-16-5-1-3-7-18(16)22(21)19-8-4-2-6-17(19)20/h1-12,20-22H,13H2,(H,25,26)/t20?,21-,22?/m1/s1. The molecule has 128 valence electrons. The second-order valence-electron chi connectivity index (χ2n) is 7.13. The third-order valence-corrected chi connectivity index (χ3v) is 6.28. The van der Waals surface area contributed by atoms with Crippen LogP contribution in [-0.4, -0.2) is 5.91 Å². The fraction of sp³-hybridized carbons (Fsp3) is 0.174. The molecule has 0 radical (unpaired) electrons. The molecule has 6 rings (SSSR count). The number of halogens is 1. The van der Waals surface area contributed by atoms with E-state index in [-0.39, 0.29) is 17.7 Å². The van der Waals surface area contributed by atoms with Crippen molar-refractivity contribution in [2.75, 3.05) is 5.32 Å². The first-order valence-electron chi connectivity index (χ1n) is 8.96. The van der Waals surface area contributed by atoms with E-state index in [2.05, 4.69) is 69.8 Å². The quantitative estimate of drug-likeness (QED) is 0.585. The van der Waals surface area contributed by atoms with Crippen molar-refractivity contribution in [3.8, 4) is 0 Å². The highest BCUT2D eigenvalue weighted by Gasteiger charge is 2.45. The van der Waals surface area contributed by atoms with Gasteiger partial charge >= 0.3 is 0 Å². The van der Waals surface area contributed by atoms with Crippen molar-refractivity contribution < 1.29 is 4.79 Å². The van der Waals surface area contributed by atoms with E-state index < -0.39 is 0 Å². The zero-order valence-corrected chi connectivity index (χ0v) is 15.7. The van der Waals surface area contributed by atoms with E-state index in [0.717, 1.165) is 16.6 Å². The van der Waals surface area contributed by atoms with E-state index in [1.54, 1.807) is 0 Å².